The Morgan fingerprint density at radius 3 is 2.47 bits per heavy atom. The van der Waals surface area contributed by atoms with Gasteiger partial charge in [0.05, 0.1) is 5.92 Å². The third kappa shape index (κ3) is 2.85. The maximum Gasteiger partial charge on any atom is 0.306 e. The Hall–Kier alpha value is -1.65. The topological polar surface area (TPSA) is 66.3 Å². The average Bonchev–Trinajstić information content (AvgIpc) is 2.41. The third-order valence-electron chi connectivity index (χ3n) is 3.87. The van der Waals surface area contributed by atoms with Crippen molar-refractivity contribution < 1.29 is 9.90 Å². The second-order valence-electron chi connectivity index (χ2n) is 5.13. The number of rotatable bonds is 3. The summed E-state index contributed by atoms with van der Waals surface area (Å²) in [5, 5.41) is 9.03. The van der Waals surface area contributed by atoms with Gasteiger partial charge in [0.15, 0.2) is 0 Å². The third-order valence-corrected chi connectivity index (χ3v) is 3.87. The summed E-state index contributed by atoms with van der Waals surface area (Å²) in [5.41, 5.74) is 2.12. The van der Waals surface area contributed by atoms with Gasteiger partial charge >= 0.3 is 5.97 Å². The minimum absolute atomic E-state index is 0.204. The number of nitrogens with zero attached hydrogens (tertiary/aromatic N) is 3. The molecular formula is C14H21N3O2. The molecule has 1 aromatic heterocycles. The quantitative estimate of drug-likeness (QED) is 0.903. The largest absolute Gasteiger partial charge is 0.481 e. The predicted octanol–water partition coefficient (Wildman–Crippen LogP) is 1.96. The lowest BCUT2D eigenvalue weighted by molar-refractivity contribution is -0.142. The molecule has 0 atom stereocenters. The maximum absolute atomic E-state index is 11.0. The van der Waals surface area contributed by atoms with E-state index >= 15 is 0 Å². The summed E-state index contributed by atoms with van der Waals surface area (Å²) in [6, 6.07) is 0. The second-order valence-corrected chi connectivity index (χ2v) is 5.13. The Bertz CT molecular complexity index is 480. The molecule has 19 heavy (non-hydrogen) atoms. The molecule has 1 fully saturated rings. The number of aliphatic carboxylic acids is 1. The highest BCUT2D eigenvalue weighted by molar-refractivity contribution is 5.70. The van der Waals surface area contributed by atoms with E-state index in [1.165, 1.54) is 0 Å². The van der Waals surface area contributed by atoms with Crippen LogP contribution in [0.5, 0.6) is 0 Å². The fourth-order valence-electron chi connectivity index (χ4n) is 2.47. The summed E-state index contributed by atoms with van der Waals surface area (Å²) in [7, 11) is 0. The zero-order valence-corrected chi connectivity index (χ0v) is 11.8. The molecule has 1 aromatic rings. The van der Waals surface area contributed by atoms with Crippen LogP contribution >= 0.6 is 0 Å². The minimum atomic E-state index is -0.676. The van der Waals surface area contributed by atoms with Crippen molar-refractivity contribution in [3.63, 3.8) is 0 Å². The zero-order valence-electron chi connectivity index (χ0n) is 11.8. The second kappa shape index (κ2) is 5.55. The zero-order chi connectivity index (χ0) is 14.0. The van der Waals surface area contributed by atoms with E-state index in [4.69, 9.17) is 5.11 Å². The average molecular weight is 263 g/mol. The summed E-state index contributed by atoms with van der Waals surface area (Å²) in [6.45, 7) is 7.61. The molecule has 0 radical (unpaired) electrons. The fourth-order valence-corrected chi connectivity index (χ4v) is 2.47. The molecule has 0 bridgehead atoms. The van der Waals surface area contributed by atoms with Crippen LogP contribution in [0.15, 0.2) is 0 Å². The first-order chi connectivity index (χ1) is 9.02. The molecular weight excluding hydrogens is 242 g/mol. The molecule has 2 rings (SSSR count). The summed E-state index contributed by atoms with van der Waals surface area (Å²) >= 11 is 0. The molecule has 0 aromatic carbocycles. The van der Waals surface area contributed by atoms with Gasteiger partial charge in [-0.25, -0.2) is 9.97 Å². The monoisotopic (exact) mass is 263 g/mol. The molecule has 0 saturated carbocycles. The first kappa shape index (κ1) is 13.8. The van der Waals surface area contributed by atoms with Gasteiger partial charge < -0.3 is 10.0 Å². The number of hydrogen-bond donors (Lipinski definition) is 1. The number of aromatic nitrogens is 2. The Labute approximate surface area is 113 Å². The lowest BCUT2D eigenvalue weighted by Crippen LogP contribution is -2.37. The van der Waals surface area contributed by atoms with Gasteiger partial charge in [-0.3, -0.25) is 4.79 Å². The van der Waals surface area contributed by atoms with Crippen molar-refractivity contribution in [2.75, 3.05) is 18.0 Å². The van der Waals surface area contributed by atoms with Crippen molar-refractivity contribution in [2.45, 2.75) is 40.0 Å². The van der Waals surface area contributed by atoms with Crippen LogP contribution in [0, 0.1) is 19.8 Å². The van der Waals surface area contributed by atoms with Gasteiger partial charge in [0.1, 0.15) is 11.6 Å². The van der Waals surface area contributed by atoms with Crippen LogP contribution in [-0.4, -0.2) is 34.1 Å². The van der Waals surface area contributed by atoms with Crippen molar-refractivity contribution >= 4 is 11.8 Å². The fraction of sp³-hybridized carbons (Fsp3) is 0.643. The van der Waals surface area contributed by atoms with E-state index in [-0.39, 0.29) is 5.92 Å². The number of carbonyl (C=O) groups is 1. The highest BCUT2D eigenvalue weighted by Crippen LogP contribution is 2.25. The van der Waals surface area contributed by atoms with Crippen LogP contribution < -0.4 is 4.90 Å². The van der Waals surface area contributed by atoms with E-state index in [2.05, 4.69) is 14.9 Å². The summed E-state index contributed by atoms with van der Waals surface area (Å²) < 4.78 is 0. The first-order valence-corrected chi connectivity index (χ1v) is 6.84. The summed E-state index contributed by atoms with van der Waals surface area (Å²) in [4.78, 5) is 22.2. The molecule has 2 heterocycles. The van der Waals surface area contributed by atoms with Gasteiger partial charge in [-0.2, -0.15) is 0 Å². The van der Waals surface area contributed by atoms with E-state index in [1.807, 2.05) is 20.8 Å². The van der Waals surface area contributed by atoms with Gasteiger partial charge in [-0.05, 0) is 26.7 Å². The van der Waals surface area contributed by atoms with E-state index < -0.39 is 5.97 Å². The minimum Gasteiger partial charge on any atom is -0.481 e. The molecule has 0 unspecified atom stereocenters. The van der Waals surface area contributed by atoms with Crippen molar-refractivity contribution in [3.05, 3.63) is 17.1 Å². The normalized spacial score (nSPS) is 16.7. The number of aryl methyl sites for hydroxylation is 2. The van der Waals surface area contributed by atoms with Crippen LogP contribution in [0.2, 0.25) is 0 Å². The Kier molecular flexibility index (Phi) is 4.02. The van der Waals surface area contributed by atoms with Crippen LogP contribution in [0.25, 0.3) is 0 Å². The number of carboxylic acids is 1. The Morgan fingerprint density at radius 1 is 1.32 bits per heavy atom. The van der Waals surface area contributed by atoms with Crippen molar-refractivity contribution in [1.29, 1.82) is 0 Å². The standard InChI is InChI=1S/C14H21N3O2/c1-4-12-15-10(3)9(2)13(16-12)17-7-5-11(6-8-17)14(18)19/h11H,4-8H2,1-3H3,(H,18,19). The highest BCUT2D eigenvalue weighted by atomic mass is 16.4. The molecule has 0 aliphatic carbocycles. The molecule has 5 heteroatoms. The van der Waals surface area contributed by atoms with Crippen LogP contribution in [0.3, 0.4) is 0 Å². The molecule has 104 valence electrons. The number of piperidine rings is 1. The number of hydrogen-bond acceptors (Lipinski definition) is 4. The van der Waals surface area contributed by atoms with E-state index in [0.717, 1.165) is 42.4 Å². The number of carboxylic acid groups (broad SMARTS) is 1. The van der Waals surface area contributed by atoms with E-state index in [9.17, 15) is 4.79 Å². The molecule has 1 saturated heterocycles. The smallest absolute Gasteiger partial charge is 0.306 e. The molecule has 1 aliphatic rings. The predicted molar refractivity (Wildman–Crippen MR) is 73.5 cm³/mol. The van der Waals surface area contributed by atoms with Crippen LogP contribution in [-0.2, 0) is 11.2 Å². The Balaban J connectivity index is 2.19. The first-order valence-electron chi connectivity index (χ1n) is 6.84. The lowest BCUT2D eigenvalue weighted by atomic mass is 9.97. The molecule has 1 aliphatic heterocycles. The molecule has 5 nitrogen and oxygen atoms in total. The van der Waals surface area contributed by atoms with Gasteiger partial charge in [0, 0.05) is 30.8 Å². The molecule has 0 spiro atoms. The van der Waals surface area contributed by atoms with Crippen LogP contribution in [0.1, 0.15) is 36.8 Å². The van der Waals surface area contributed by atoms with Crippen molar-refractivity contribution in [2.24, 2.45) is 5.92 Å². The summed E-state index contributed by atoms with van der Waals surface area (Å²) in [6.07, 6.45) is 2.21. The van der Waals surface area contributed by atoms with Crippen LogP contribution in [0.4, 0.5) is 5.82 Å². The Morgan fingerprint density at radius 2 is 1.95 bits per heavy atom. The van der Waals surface area contributed by atoms with Gasteiger partial charge in [-0.1, -0.05) is 6.92 Å². The van der Waals surface area contributed by atoms with Crippen molar-refractivity contribution in [3.8, 4) is 0 Å². The van der Waals surface area contributed by atoms with Gasteiger partial charge in [0.25, 0.3) is 0 Å². The number of anilines is 1. The lowest BCUT2D eigenvalue weighted by Gasteiger charge is -2.32. The van der Waals surface area contributed by atoms with E-state index in [1.54, 1.807) is 0 Å². The van der Waals surface area contributed by atoms with Gasteiger partial charge in [0.2, 0.25) is 0 Å². The van der Waals surface area contributed by atoms with Gasteiger partial charge in [-0.15, -0.1) is 0 Å². The SMILES string of the molecule is CCc1nc(C)c(C)c(N2CCC(C(=O)O)CC2)n1. The summed E-state index contributed by atoms with van der Waals surface area (Å²) in [5.74, 6) is 0.960. The molecule has 1 N–H and O–H groups in total. The highest BCUT2D eigenvalue weighted by Gasteiger charge is 2.26. The molecule has 0 amide bonds. The maximum atomic E-state index is 11.0. The van der Waals surface area contributed by atoms with E-state index in [0.29, 0.717) is 12.8 Å². The van der Waals surface area contributed by atoms with Crippen molar-refractivity contribution in [1.82, 2.24) is 9.97 Å².